The summed E-state index contributed by atoms with van der Waals surface area (Å²) in [6, 6.07) is 6.26. The van der Waals surface area contributed by atoms with Crippen LogP contribution < -0.4 is 0 Å². The highest BCUT2D eigenvalue weighted by molar-refractivity contribution is 6.31. The lowest BCUT2D eigenvalue weighted by molar-refractivity contribution is 0.0190. The Morgan fingerprint density at radius 2 is 2.00 bits per heavy atom. The summed E-state index contributed by atoms with van der Waals surface area (Å²) < 4.78 is 13.1. The summed E-state index contributed by atoms with van der Waals surface area (Å²) in [6.07, 6.45) is 2.20. The van der Waals surface area contributed by atoms with Gasteiger partial charge in [0.05, 0.1) is 17.6 Å². The van der Waals surface area contributed by atoms with Gasteiger partial charge in [0.2, 0.25) is 0 Å². The van der Waals surface area contributed by atoms with E-state index in [0.29, 0.717) is 30.2 Å². The lowest BCUT2D eigenvalue weighted by Gasteiger charge is -2.39. The van der Waals surface area contributed by atoms with Gasteiger partial charge in [-0.3, -0.25) is 0 Å². The summed E-state index contributed by atoms with van der Waals surface area (Å²) in [4.78, 5) is 0. The highest BCUT2D eigenvalue weighted by Gasteiger charge is 2.43. The molecule has 0 radical (unpaired) electrons. The minimum absolute atomic E-state index is 0.183. The fraction of sp³-hybridized carbons (Fsp3) is 0.588. The maximum absolute atomic E-state index is 13.1. The van der Waals surface area contributed by atoms with Gasteiger partial charge in [0.25, 0.3) is 0 Å². The Balaban J connectivity index is 2.24. The second-order valence-electron chi connectivity index (χ2n) is 6.42. The summed E-state index contributed by atoms with van der Waals surface area (Å²) in [6.45, 7) is 4.38. The van der Waals surface area contributed by atoms with Crippen molar-refractivity contribution in [3.8, 4) is 6.07 Å². The maximum Gasteiger partial charge on any atom is 0.124 e. The number of benzene rings is 1. The van der Waals surface area contributed by atoms with Crippen molar-refractivity contribution in [1.29, 1.82) is 5.26 Å². The van der Waals surface area contributed by atoms with Crippen LogP contribution in [0.4, 0.5) is 4.39 Å². The summed E-state index contributed by atoms with van der Waals surface area (Å²) in [7, 11) is 0. The van der Waals surface area contributed by atoms with E-state index in [0.717, 1.165) is 12.8 Å². The minimum atomic E-state index is -0.969. The average molecular weight is 310 g/mol. The Morgan fingerprint density at radius 1 is 1.38 bits per heavy atom. The molecule has 1 fully saturated rings. The van der Waals surface area contributed by atoms with Crippen molar-refractivity contribution in [2.45, 2.75) is 45.6 Å². The van der Waals surface area contributed by atoms with Crippen LogP contribution in [0.5, 0.6) is 0 Å². The van der Waals surface area contributed by atoms with Gasteiger partial charge in [-0.1, -0.05) is 31.5 Å². The van der Waals surface area contributed by atoms with Crippen molar-refractivity contribution in [2.75, 3.05) is 0 Å². The standard InChI is InChI=1S/C17H21ClFNO/c1-11(2)12-5-7-17(10-20,8-6-12)16(21)14-4-3-13(19)9-15(14)18/h3-4,9,11-12,16,21H,5-8H2,1-2H3. The Morgan fingerprint density at radius 3 is 2.48 bits per heavy atom. The fourth-order valence-electron chi connectivity index (χ4n) is 3.29. The van der Waals surface area contributed by atoms with Gasteiger partial charge >= 0.3 is 0 Å². The molecular weight excluding hydrogens is 289 g/mol. The molecule has 0 bridgehead atoms. The number of aliphatic hydroxyl groups is 1. The molecule has 0 amide bonds. The van der Waals surface area contributed by atoms with Crippen LogP contribution in [0.25, 0.3) is 0 Å². The quantitative estimate of drug-likeness (QED) is 0.865. The van der Waals surface area contributed by atoms with Crippen molar-refractivity contribution in [2.24, 2.45) is 17.3 Å². The first-order valence-corrected chi connectivity index (χ1v) is 7.81. The summed E-state index contributed by atoms with van der Waals surface area (Å²) in [5.74, 6) is 0.751. The van der Waals surface area contributed by atoms with Gasteiger partial charge in [-0.15, -0.1) is 0 Å². The Labute approximate surface area is 130 Å². The monoisotopic (exact) mass is 309 g/mol. The second-order valence-corrected chi connectivity index (χ2v) is 6.82. The van der Waals surface area contributed by atoms with Gasteiger partial charge in [-0.05, 0) is 49.7 Å². The Kier molecular flexibility index (Phi) is 4.91. The zero-order chi connectivity index (χ0) is 15.6. The molecule has 0 spiro atoms. The zero-order valence-electron chi connectivity index (χ0n) is 12.4. The van der Waals surface area contributed by atoms with E-state index in [2.05, 4.69) is 19.9 Å². The molecule has 1 N–H and O–H groups in total. The molecule has 0 saturated heterocycles. The molecule has 21 heavy (non-hydrogen) atoms. The molecule has 1 aromatic rings. The first-order valence-electron chi connectivity index (χ1n) is 7.44. The van der Waals surface area contributed by atoms with Crippen LogP contribution in [0.1, 0.15) is 51.2 Å². The molecule has 0 aliphatic heterocycles. The van der Waals surface area contributed by atoms with Crippen molar-refractivity contribution in [3.05, 3.63) is 34.6 Å². The minimum Gasteiger partial charge on any atom is -0.387 e. The summed E-state index contributed by atoms with van der Waals surface area (Å²) in [5.41, 5.74) is -0.366. The summed E-state index contributed by atoms with van der Waals surface area (Å²) >= 11 is 6.03. The first-order chi connectivity index (χ1) is 9.89. The van der Waals surface area contributed by atoms with Crippen LogP contribution in [0.3, 0.4) is 0 Å². The van der Waals surface area contributed by atoms with Crippen LogP contribution in [-0.2, 0) is 0 Å². The molecule has 0 aromatic heterocycles. The van der Waals surface area contributed by atoms with E-state index in [1.807, 2.05) is 0 Å². The van der Waals surface area contributed by atoms with E-state index < -0.39 is 17.3 Å². The molecule has 4 heteroatoms. The maximum atomic E-state index is 13.1. The number of halogens is 2. The van der Waals surface area contributed by atoms with E-state index >= 15 is 0 Å². The van der Waals surface area contributed by atoms with Gasteiger partial charge < -0.3 is 5.11 Å². The molecule has 1 atom stereocenters. The zero-order valence-corrected chi connectivity index (χ0v) is 13.2. The number of nitrogens with zero attached hydrogens (tertiary/aromatic N) is 1. The SMILES string of the molecule is CC(C)C1CCC(C#N)(C(O)c2ccc(F)cc2Cl)CC1. The highest BCUT2D eigenvalue weighted by Crippen LogP contribution is 2.49. The van der Waals surface area contributed by atoms with E-state index in [1.54, 1.807) is 0 Å². The number of hydrogen-bond acceptors (Lipinski definition) is 2. The Bertz CT molecular complexity index is 544. The molecule has 2 rings (SSSR count). The highest BCUT2D eigenvalue weighted by atomic mass is 35.5. The second kappa shape index (κ2) is 6.34. The van der Waals surface area contributed by atoms with Gasteiger partial charge in [-0.2, -0.15) is 5.26 Å². The van der Waals surface area contributed by atoms with E-state index in [1.165, 1.54) is 18.2 Å². The molecule has 1 aliphatic carbocycles. The topological polar surface area (TPSA) is 44.0 Å². The smallest absolute Gasteiger partial charge is 0.124 e. The molecule has 0 heterocycles. The van der Waals surface area contributed by atoms with E-state index in [9.17, 15) is 14.8 Å². The van der Waals surface area contributed by atoms with E-state index in [4.69, 9.17) is 11.6 Å². The molecular formula is C17H21ClFNO. The predicted molar refractivity (Wildman–Crippen MR) is 81.2 cm³/mol. The number of hydrogen-bond donors (Lipinski definition) is 1. The predicted octanol–water partition coefficient (Wildman–Crippen LogP) is 4.87. The number of nitriles is 1. The van der Waals surface area contributed by atoms with Crippen LogP contribution in [0.15, 0.2) is 18.2 Å². The third kappa shape index (κ3) is 3.22. The van der Waals surface area contributed by atoms with Crippen LogP contribution in [-0.4, -0.2) is 5.11 Å². The van der Waals surface area contributed by atoms with Crippen LogP contribution >= 0.6 is 11.6 Å². The lowest BCUT2D eigenvalue weighted by atomic mass is 9.65. The first kappa shape index (κ1) is 16.3. The van der Waals surface area contributed by atoms with Crippen molar-refractivity contribution in [3.63, 3.8) is 0 Å². The van der Waals surface area contributed by atoms with E-state index in [-0.39, 0.29) is 5.02 Å². The number of aliphatic hydroxyl groups excluding tert-OH is 1. The molecule has 1 unspecified atom stereocenters. The average Bonchev–Trinajstić information content (AvgIpc) is 2.46. The fourth-order valence-corrected chi connectivity index (χ4v) is 3.56. The van der Waals surface area contributed by atoms with Gasteiger partial charge in [0, 0.05) is 10.6 Å². The molecule has 1 aliphatic rings. The third-order valence-corrected chi connectivity index (χ3v) is 5.20. The van der Waals surface area contributed by atoms with Crippen LogP contribution in [0, 0.1) is 34.4 Å². The van der Waals surface area contributed by atoms with Gasteiger partial charge in [-0.25, -0.2) is 4.39 Å². The van der Waals surface area contributed by atoms with Gasteiger partial charge in [0.1, 0.15) is 5.82 Å². The summed E-state index contributed by atoms with van der Waals surface area (Å²) in [5, 5.41) is 20.5. The third-order valence-electron chi connectivity index (χ3n) is 4.87. The molecule has 114 valence electrons. The van der Waals surface area contributed by atoms with Crippen molar-refractivity contribution < 1.29 is 9.50 Å². The largest absolute Gasteiger partial charge is 0.387 e. The Hall–Kier alpha value is -1.11. The molecule has 1 aromatic carbocycles. The van der Waals surface area contributed by atoms with Gasteiger partial charge in [0.15, 0.2) is 0 Å². The normalized spacial score (nSPS) is 27.4. The number of rotatable bonds is 3. The molecule has 1 saturated carbocycles. The van der Waals surface area contributed by atoms with Crippen LogP contribution in [0.2, 0.25) is 5.02 Å². The van der Waals surface area contributed by atoms with Crippen molar-refractivity contribution >= 4 is 11.6 Å². The lowest BCUT2D eigenvalue weighted by Crippen LogP contribution is -2.33. The molecule has 2 nitrogen and oxygen atoms in total. The van der Waals surface area contributed by atoms with Crippen molar-refractivity contribution in [1.82, 2.24) is 0 Å².